The molecule has 5 heteroatoms. The lowest BCUT2D eigenvalue weighted by molar-refractivity contribution is 0.800. The van der Waals surface area contributed by atoms with Crippen molar-refractivity contribution >= 4 is 44.9 Å². The molecule has 0 radical (unpaired) electrons. The third-order valence-corrected chi connectivity index (χ3v) is 4.09. The quantitative estimate of drug-likeness (QED) is 0.433. The van der Waals surface area contributed by atoms with Crippen LogP contribution < -0.4 is 0 Å². The summed E-state index contributed by atoms with van der Waals surface area (Å²) >= 11 is 9.32. The molecule has 0 saturated carbocycles. The lowest BCUT2D eigenvalue weighted by atomic mass is 10.3. The predicted octanol–water partition coefficient (Wildman–Crippen LogP) is 4.54. The summed E-state index contributed by atoms with van der Waals surface area (Å²) < 4.78 is 0.125. The summed E-state index contributed by atoms with van der Waals surface area (Å²) in [6.07, 6.45) is 0. The van der Waals surface area contributed by atoms with Gasteiger partial charge in [0.2, 0.25) is 5.28 Å². The normalized spacial score (nSPS) is 12.3. The van der Waals surface area contributed by atoms with Gasteiger partial charge in [-0.05, 0) is 24.6 Å². The van der Waals surface area contributed by atoms with Gasteiger partial charge in [-0.2, -0.15) is 0 Å². The Labute approximate surface area is 108 Å². The molecule has 0 aliphatic rings. The number of rotatable bonds is 1. The molecule has 0 saturated heterocycles. The van der Waals surface area contributed by atoms with E-state index in [0.29, 0.717) is 5.28 Å². The first-order chi connectivity index (χ1) is 7.35. The summed E-state index contributed by atoms with van der Waals surface area (Å²) in [6.45, 7) is 8.57. The average molecular weight is 273 g/mol. The zero-order valence-corrected chi connectivity index (χ0v) is 12.1. The van der Waals surface area contributed by atoms with Gasteiger partial charge in [0.1, 0.15) is 9.86 Å². The molecule has 86 valence electrons. The van der Waals surface area contributed by atoms with Crippen LogP contribution in [0, 0.1) is 6.92 Å². The SMILES string of the molecule is Cc1cc2c(SC(C)(C)C)nc(Cl)nc2s1. The fourth-order valence-electron chi connectivity index (χ4n) is 1.36. The summed E-state index contributed by atoms with van der Waals surface area (Å²) in [7, 11) is 0. The van der Waals surface area contributed by atoms with Crippen molar-refractivity contribution in [2.45, 2.75) is 37.5 Å². The molecular weight excluding hydrogens is 260 g/mol. The molecule has 0 unspecified atom stereocenters. The van der Waals surface area contributed by atoms with Gasteiger partial charge < -0.3 is 0 Å². The van der Waals surface area contributed by atoms with Crippen molar-refractivity contribution in [3.63, 3.8) is 0 Å². The van der Waals surface area contributed by atoms with Crippen LogP contribution in [0.1, 0.15) is 25.6 Å². The van der Waals surface area contributed by atoms with Crippen molar-refractivity contribution in [3.8, 4) is 0 Å². The van der Waals surface area contributed by atoms with Gasteiger partial charge in [0.05, 0.1) is 0 Å². The van der Waals surface area contributed by atoms with Crippen LogP contribution in [-0.4, -0.2) is 14.7 Å². The first kappa shape index (κ1) is 12.1. The predicted molar refractivity (Wildman–Crippen MR) is 72.8 cm³/mol. The van der Waals surface area contributed by atoms with E-state index in [1.54, 1.807) is 23.1 Å². The number of hydrogen-bond donors (Lipinski definition) is 0. The Kier molecular flexibility index (Phi) is 3.16. The lowest BCUT2D eigenvalue weighted by Gasteiger charge is -2.17. The molecule has 0 spiro atoms. The van der Waals surface area contributed by atoms with Gasteiger partial charge in [-0.15, -0.1) is 11.3 Å². The van der Waals surface area contributed by atoms with Gasteiger partial charge in [-0.1, -0.05) is 32.5 Å². The van der Waals surface area contributed by atoms with Crippen molar-refractivity contribution < 1.29 is 0 Å². The van der Waals surface area contributed by atoms with Crippen LogP contribution in [0.15, 0.2) is 11.1 Å². The summed E-state index contributed by atoms with van der Waals surface area (Å²) in [4.78, 5) is 10.8. The van der Waals surface area contributed by atoms with Crippen LogP contribution in [0.5, 0.6) is 0 Å². The molecule has 0 amide bonds. The summed E-state index contributed by atoms with van der Waals surface area (Å²) in [5, 5.41) is 2.43. The molecule has 2 aromatic rings. The van der Waals surface area contributed by atoms with Crippen molar-refractivity contribution in [1.82, 2.24) is 9.97 Å². The van der Waals surface area contributed by atoms with Gasteiger partial charge >= 0.3 is 0 Å². The van der Waals surface area contributed by atoms with Crippen LogP contribution in [0.2, 0.25) is 5.28 Å². The van der Waals surface area contributed by atoms with Crippen LogP contribution in [0.25, 0.3) is 10.2 Å². The minimum Gasteiger partial charge on any atom is -0.211 e. The fraction of sp³-hybridized carbons (Fsp3) is 0.455. The van der Waals surface area contributed by atoms with E-state index in [1.165, 1.54) is 4.88 Å². The Morgan fingerprint density at radius 1 is 1.31 bits per heavy atom. The Hall–Kier alpha value is -0.320. The average Bonchev–Trinajstić information content (AvgIpc) is 2.42. The first-order valence-corrected chi connectivity index (χ1v) is 6.99. The Bertz CT molecular complexity index is 528. The molecule has 2 aromatic heterocycles. The molecule has 2 rings (SSSR count). The third-order valence-electron chi connectivity index (χ3n) is 1.86. The molecule has 0 fully saturated rings. The molecule has 2 nitrogen and oxygen atoms in total. The second kappa shape index (κ2) is 4.17. The molecular formula is C11H13ClN2S2. The fourth-order valence-corrected chi connectivity index (χ4v) is 3.55. The van der Waals surface area contributed by atoms with Gasteiger partial charge in [0.25, 0.3) is 0 Å². The number of aromatic nitrogens is 2. The highest BCUT2D eigenvalue weighted by Crippen LogP contribution is 2.37. The van der Waals surface area contributed by atoms with E-state index in [4.69, 9.17) is 11.6 Å². The number of fused-ring (bicyclic) bond motifs is 1. The molecule has 0 N–H and O–H groups in total. The maximum absolute atomic E-state index is 5.93. The molecule has 0 bridgehead atoms. The molecule has 0 aromatic carbocycles. The van der Waals surface area contributed by atoms with Crippen LogP contribution in [-0.2, 0) is 0 Å². The standard InChI is InChI=1S/C11H13ClN2S2/c1-6-5-7-8(15-6)13-10(12)14-9(7)16-11(2,3)4/h5H,1-4H3. The lowest BCUT2D eigenvalue weighted by Crippen LogP contribution is -2.07. The monoisotopic (exact) mass is 272 g/mol. The molecule has 16 heavy (non-hydrogen) atoms. The van der Waals surface area contributed by atoms with Gasteiger partial charge in [-0.25, -0.2) is 9.97 Å². The summed E-state index contributed by atoms with van der Waals surface area (Å²) in [5.41, 5.74) is 0. The third kappa shape index (κ3) is 2.67. The van der Waals surface area contributed by atoms with E-state index in [2.05, 4.69) is 43.7 Å². The van der Waals surface area contributed by atoms with E-state index < -0.39 is 0 Å². The zero-order chi connectivity index (χ0) is 11.9. The number of nitrogens with zero attached hydrogens (tertiary/aromatic N) is 2. The minimum atomic E-state index is 0.125. The van der Waals surface area contributed by atoms with Crippen LogP contribution in [0.4, 0.5) is 0 Å². The van der Waals surface area contributed by atoms with Crippen LogP contribution >= 0.6 is 34.7 Å². The summed E-state index contributed by atoms with van der Waals surface area (Å²) in [6, 6.07) is 2.13. The first-order valence-electron chi connectivity index (χ1n) is 4.98. The number of aryl methyl sites for hydroxylation is 1. The maximum atomic E-state index is 5.93. The number of thioether (sulfide) groups is 1. The van der Waals surface area contributed by atoms with Crippen molar-refractivity contribution in [3.05, 3.63) is 16.2 Å². The number of halogens is 1. The topological polar surface area (TPSA) is 25.8 Å². The second-order valence-electron chi connectivity index (χ2n) is 4.59. The number of hydrogen-bond acceptors (Lipinski definition) is 4. The zero-order valence-electron chi connectivity index (χ0n) is 9.67. The summed E-state index contributed by atoms with van der Waals surface area (Å²) in [5.74, 6) is 0. The van der Waals surface area contributed by atoms with Gasteiger partial charge in [0, 0.05) is 15.0 Å². The smallest absolute Gasteiger partial charge is 0.211 e. The highest BCUT2D eigenvalue weighted by molar-refractivity contribution is 8.00. The Morgan fingerprint density at radius 2 is 2.00 bits per heavy atom. The van der Waals surface area contributed by atoms with E-state index >= 15 is 0 Å². The van der Waals surface area contributed by atoms with Crippen molar-refractivity contribution in [1.29, 1.82) is 0 Å². The molecule has 0 atom stereocenters. The Morgan fingerprint density at radius 3 is 2.62 bits per heavy atom. The largest absolute Gasteiger partial charge is 0.224 e. The van der Waals surface area contributed by atoms with Gasteiger partial charge in [-0.3, -0.25) is 0 Å². The molecule has 0 aliphatic heterocycles. The number of thiophene rings is 1. The van der Waals surface area contributed by atoms with E-state index in [-0.39, 0.29) is 4.75 Å². The van der Waals surface area contributed by atoms with Crippen LogP contribution in [0.3, 0.4) is 0 Å². The minimum absolute atomic E-state index is 0.125. The highest BCUT2D eigenvalue weighted by Gasteiger charge is 2.17. The van der Waals surface area contributed by atoms with E-state index in [0.717, 1.165) is 15.2 Å². The second-order valence-corrected chi connectivity index (χ2v) is 7.98. The van der Waals surface area contributed by atoms with Crippen molar-refractivity contribution in [2.24, 2.45) is 0 Å². The van der Waals surface area contributed by atoms with Gasteiger partial charge in [0.15, 0.2) is 0 Å². The maximum Gasteiger partial charge on any atom is 0.224 e. The molecule has 0 aliphatic carbocycles. The van der Waals surface area contributed by atoms with E-state index in [1.807, 2.05) is 0 Å². The highest BCUT2D eigenvalue weighted by atomic mass is 35.5. The van der Waals surface area contributed by atoms with E-state index in [9.17, 15) is 0 Å². The molecule has 2 heterocycles. The Balaban J connectivity index is 2.58. The van der Waals surface area contributed by atoms with Crippen molar-refractivity contribution in [2.75, 3.05) is 0 Å².